The van der Waals surface area contributed by atoms with Crippen LogP contribution in [0.5, 0.6) is 5.88 Å². The molecule has 0 spiro atoms. The largest absolute Gasteiger partial charge is 0.479 e. The smallest absolute Gasteiger partial charge is 0.273 e. The Morgan fingerprint density at radius 3 is 2.71 bits per heavy atom. The van der Waals surface area contributed by atoms with E-state index in [0.29, 0.717) is 17.7 Å². The molecular weight excluding hydrogens is 313 g/mol. The van der Waals surface area contributed by atoms with Gasteiger partial charge in [-0.05, 0) is 18.4 Å². The molecule has 0 radical (unpaired) electrons. The second-order valence-corrected chi connectivity index (χ2v) is 5.77. The fourth-order valence-electron chi connectivity index (χ4n) is 2.20. The number of rotatable bonds is 6. The number of carbonyl (C=O) groups is 1. The molecule has 0 bridgehead atoms. The second kappa shape index (κ2) is 7.72. The molecule has 0 saturated heterocycles. The van der Waals surface area contributed by atoms with Crippen LogP contribution in [0.4, 0.5) is 4.39 Å². The first-order valence-electron chi connectivity index (χ1n) is 7.61. The van der Waals surface area contributed by atoms with Crippen molar-refractivity contribution in [3.63, 3.8) is 0 Å². The number of aromatic amines is 1. The topological polar surface area (TPSA) is 84.1 Å². The summed E-state index contributed by atoms with van der Waals surface area (Å²) in [4.78, 5) is 31.0. The first-order valence-corrected chi connectivity index (χ1v) is 7.61. The summed E-state index contributed by atoms with van der Waals surface area (Å²) in [6, 6.07) is 6.12. The van der Waals surface area contributed by atoms with Crippen LogP contribution in [0, 0.1) is 11.7 Å². The minimum atomic E-state index is -0.587. The zero-order valence-electron chi connectivity index (χ0n) is 13.9. The van der Waals surface area contributed by atoms with E-state index in [1.54, 1.807) is 18.2 Å². The van der Waals surface area contributed by atoms with Gasteiger partial charge in [-0.2, -0.15) is 0 Å². The van der Waals surface area contributed by atoms with Crippen LogP contribution < -0.4 is 15.6 Å². The van der Waals surface area contributed by atoms with Gasteiger partial charge >= 0.3 is 0 Å². The van der Waals surface area contributed by atoms with Crippen molar-refractivity contribution in [1.82, 2.24) is 15.3 Å². The number of nitrogens with zero attached hydrogens (tertiary/aromatic N) is 1. The van der Waals surface area contributed by atoms with Crippen LogP contribution in [-0.4, -0.2) is 23.0 Å². The van der Waals surface area contributed by atoms with Crippen LogP contribution in [0.15, 0.2) is 29.1 Å². The molecule has 1 aromatic heterocycles. The number of amides is 1. The highest BCUT2D eigenvalue weighted by Crippen LogP contribution is 2.13. The number of methoxy groups -OCH3 is 1. The Bertz CT molecular complexity index is 787. The summed E-state index contributed by atoms with van der Waals surface area (Å²) < 4.78 is 18.7. The number of carbonyl (C=O) groups excluding carboxylic acids is 1. The minimum absolute atomic E-state index is 0.00949. The first kappa shape index (κ1) is 17.7. The fraction of sp³-hybridized carbons (Fsp3) is 0.353. The maximum atomic E-state index is 13.6. The maximum absolute atomic E-state index is 13.6. The highest BCUT2D eigenvalue weighted by Gasteiger charge is 2.18. The molecule has 0 unspecified atom stereocenters. The number of hydrogen-bond donors (Lipinski definition) is 2. The van der Waals surface area contributed by atoms with Crippen LogP contribution in [0.25, 0.3) is 0 Å². The average molecular weight is 333 g/mol. The molecule has 0 atom stereocenters. The number of nitrogens with one attached hydrogen (secondary N) is 2. The second-order valence-electron chi connectivity index (χ2n) is 5.77. The van der Waals surface area contributed by atoms with Crippen molar-refractivity contribution < 1.29 is 13.9 Å². The van der Waals surface area contributed by atoms with E-state index in [9.17, 15) is 14.0 Å². The standard InChI is InChI=1S/C17H20FN3O3/c1-10(2)8-13-15(22)21-14(17(20-13)24-3)16(23)19-9-11-6-4-5-7-12(11)18/h4-7,10H,8-9H2,1-3H3,(H,19,23)(H,21,22). The van der Waals surface area contributed by atoms with Gasteiger partial charge in [-0.1, -0.05) is 32.0 Å². The van der Waals surface area contributed by atoms with Crippen molar-refractivity contribution in [2.75, 3.05) is 7.11 Å². The average Bonchev–Trinajstić information content (AvgIpc) is 2.55. The van der Waals surface area contributed by atoms with Gasteiger partial charge in [-0.3, -0.25) is 9.59 Å². The van der Waals surface area contributed by atoms with Crippen molar-refractivity contribution in [3.8, 4) is 5.88 Å². The highest BCUT2D eigenvalue weighted by atomic mass is 19.1. The number of aromatic nitrogens is 2. The van der Waals surface area contributed by atoms with Gasteiger partial charge in [0.1, 0.15) is 11.5 Å². The quantitative estimate of drug-likeness (QED) is 0.847. The van der Waals surface area contributed by atoms with Crippen LogP contribution in [0.3, 0.4) is 0 Å². The van der Waals surface area contributed by atoms with Gasteiger partial charge in [-0.15, -0.1) is 0 Å². The molecular formula is C17H20FN3O3. The summed E-state index contributed by atoms with van der Waals surface area (Å²) in [6.45, 7) is 3.91. The Labute approximate surface area is 139 Å². The fourth-order valence-corrected chi connectivity index (χ4v) is 2.20. The molecule has 1 aromatic carbocycles. The van der Waals surface area contributed by atoms with Gasteiger partial charge < -0.3 is 15.0 Å². The van der Waals surface area contributed by atoms with Gasteiger partial charge in [0.2, 0.25) is 5.88 Å². The maximum Gasteiger partial charge on any atom is 0.273 e. The molecule has 7 heteroatoms. The third-order valence-corrected chi connectivity index (χ3v) is 3.37. The Morgan fingerprint density at radius 2 is 2.08 bits per heavy atom. The summed E-state index contributed by atoms with van der Waals surface area (Å²) >= 11 is 0. The van der Waals surface area contributed by atoms with Crippen molar-refractivity contribution in [2.24, 2.45) is 5.92 Å². The zero-order chi connectivity index (χ0) is 17.7. The molecule has 2 N–H and O–H groups in total. The predicted molar refractivity (Wildman–Crippen MR) is 87.5 cm³/mol. The third kappa shape index (κ3) is 4.18. The van der Waals surface area contributed by atoms with Gasteiger partial charge in [-0.25, -0.2) is 9.37 Å². The van der Waals surface area contributed by atoms with E-state index in [0.717, 1.165) is 0 Å². The van der Waals surface area contributed by atoms with E-state index >= 15 is 0 Å². The lowest BCUT2D eigenvalue weighted by molar-refractivity contribution is 0.0941. The van der Waals surface area contributed by atoms with E-state index in [1.165, 1.54) is 13.2 Å². The summed E-state index contributed by atoms with van der Waals surface area (Å²) in [5.74, 6) is -0.722. The van der Waals surface area contributed by atoms with Crippen LogP contribution in [0.2, 0.25) is 0 Å². The van der Waals surface area contributed by atoms with Crippen molar-refractivity contribution in [2.45, 2.75) is 26.8 Å². The zero-order valence-corrected chi connectivity index (χ0v) is 13.9. The monoisotopic (exact) mass is 333 g/mol. The Kier molecular flexibility index (Phi) is 5.68. The Balaban J connectivity index is 2.21. The molecule has 0 saturated carbocycles. The molecule has 0 fully saturated rings. The van der Waals surface area contributed by atoms with Crippen molar-refractivity contribution in [1.29, 1.82) is 0 Å². The SMILES string of the molecule is COc1nc(CC(C)C)c(=O)[nH]c1C(=O)NCc1ccccc1F. The molecule has 0 aliphatic rings. The molecule has 6 nitrogen and oxygen atoms in total. The number of benzene rings is 1. The van der Waals surface area contributed by atoms with Crippen molar-refractivity contribution >= 4 is 5.91 Å². The lowest BCUT2D eigenvalue weighted by Gasteiger charge is -2.11. The molecule has 1 heterocycles. The molecule has 0 aliphatic carbocycles. The van der Waals surface area contributed by atoms with Gasteiger partial charge in [0.25, 0.3) is 11.5 Å². The van der Waals surface area contributed by atoms with Crippen LogP contribution >= 0.6 is 0 Å². The highest BCUT2D eigenvalue weighted by molar-refractivity contribution is 5.94. The van der Waals surface area contributed by atoms with E-state index in [-0.39, 0.29) is 24.0 Å². The molecule has 1 amide bonds. The molecule has 2 aromatic rings. The summed E-state index contributed by atoms with van der Waals surface area (Å²) in [5, 5.41) is 2.55. The van der Waals surface area contributed by atoms with E-state index in [2.05, 4.69) is 15.3 Å². The summed E-state index contributed by atoms with van der Waals surface area (Å²) in [6.07, 6.45) is 0.475. The normalized spacial score (nSPS) is 10.7. The predicted octanol–water partition coefficient (Wildman–Crippen LogP) is 2.05. The van der Waals surface area contributed by atoms with Gasteiger partial charge in [0.15, 0.2) is 5.69 Å². The van der Waals surface area contributed by atoms with Gasteiger partial charge in [0.05, 0.1) is 7.11 Å². The molecule has 0 aliphatic heterocycles. The van der Waals surface area contributed by atoms with Crippen molar-refractivity contribution in [3.05, 3.63) is 57.4 Å². The molecule has 2 rings (SSSR count). The lowest BCUT2D eigenvalue weighted by atomic mass is 10.1. The van der Waals surface area contributed by atoms with E-state index in [4.69, 9.17) is 4.74 Å². The lowest BCUT2D eigenvalue weighted by Crippen LogP contribution is -2.29. The number of ether oxygens (including phenoxy) is 1. The summed E-state index contributed by atoms with van der Waals surface area (Å²) in [5.41, 5.74) is 0.149. The first-order chi connectivity index (χ1) is 11.4. The Hall–Kier alpha value is -2.70. The molecule has 24 heavy (non-hydrogen) atoms. The van der Waals surface area contributed by atoms with Gasteiger partial charge in [0, 0.05) is 12.1 Å². The van der Waals surface area contributed by atoms with Crippen LogP contribution in [-0.2, 0) is 13.0 Å². The van der Waals surface area contributed by atoms with E-state index < -0.39 is 17.3 Å². The summed E-state index contributed by atoms with van der Waals surface area (Å²) in [7, 11) is 1.37. The number of halogens is 1. The minimum Gasteiger partial charge on any atom is -0.479 e. The third-order valence-electron chi connectivity index (χ3n) is 3.37. The number of hydrogen-bond acceptors (Lipinski definition) is 4. The number of H-pyrrole nitrogens is 1. The van der Waals surface area contributed by atoms with Crippen LogP contribution in [0.1, 0.15) is 35.6 Å². The van der Waals surface area contributed by atoms with E-state index in [1.807, 2.05) is 13.8 Å². The Morgan fingerprint density at radius 1 is 1.38 bits per heavy atom. The molecule has 128 valence electrons.